The van der Waals surface area contributed by atoms with Gasteiger partial charge in [-0.1, -0.05) is 0 Å². The molecule has 4 saturated heterocycles. The molecule has 4 aliphatic heterocycles. The third-order valence-corrected chi connectivity index (χ3v) is 6.11. The molecular formula is C6H15N3OP+3. The Morgan fingerprint density at radius 2 is 1.18 bits per heavy atom. The largest absolute Gasteiger partial charge is 0.305 e. The molecule has 3 N–H and O–H groups in total. The maximum atomic E-state index is 12.0. The van der Waals surface area contributed by atoms with Crippen molar-refractivity contribution in [2.75, 3.05) is 38.9 Å². The van der Waals surface area contributed by atoms with E-state index in [1.165, 1.54) is 20.0 Å². The lowest BCUT2D eigenvalue weighted by molar-refractivity contribution is -1.27. The first-order chi connectivity index (χ1) is 5.23. The van der Waals surface area contributed by atoms with Gasteiger partial charge in [0.1, 0.15) is 18.9 Å². The molecule has 4 aliphatic rings. The number of hydrogen-bond acceptors (Lipinski definition) is 1. The van der Waals surface area contributed by atoms with Crippen LogP contribution in [-0.4, -0.2) is 38.9 Å². The molecule has 0 aromatic rings. The molecule has 0 aromatic carbocycles. The minimum Gasteiger partial charge on any atom is -0.305 e. The molecule has 62 valence electrons. The quantitative estimate of drug-likeness (QED) is 0.321. The Morgan fingerprint density at radius 1 is 0.818 bits per heavy atom. The van der Waals surface area contributed by atoms with E-state index in [9.17, 15) is 4.57 Å². The zero-order valence-electron chi connectivity index (χ0n) is 6.60. The SMILES string of the molecule is O=P12C[NH+]3C[NH+](C[NH+](C3)C1)C2. The first kappa shape index (κ1) is 6.61. The smallest absolute Gasteiger partial charge is 0.244 e. The van der Waals surface area contributed by atoms with Gasteiger partial charge in [-0.15, -0.1) is 0 Å². The highest BCUT2D eigenvalue weighted by Crippen LogP contribution is 2.40. The van der Waals surface area contributed by atoms with Crippen LogP contribution in [0.4, 0.5) is 0 Å². The lowest BCUT2D eigenvalue weighted by atomic mass is 10.5. The van der Waals surface area contributed by atoms with E-state index in [2.05, 4.69) is 0 Å². The van der Waals surface area contributed by atoms with Crippen LogP contribution in [0, 0.1) is 0 Å². The molecule has 5 heteroatoms. The highest BCUT2D eigenvalue weighted by atomic mass is 31.2. The summed E-state index contributed by atoms with van der Waals surface area (Å²) in [5.41, 5.74) is 0. The molecule has 4 rings (SSSR count). The maximum absolute atomic E-state index is 12.0. The van der Waals surface area contributed by atoms with Crippen LogP contribution in [0.2, 0.25) is 0 Å². The fourth-order valence-electron chi connectivity index (χ4n) is 2.97. The van der Waals surface area contributed by atoms with Crippen molar-refractivity contribution in [1.29, 1.82) is 0 Å². The molecule has 0 radical (unpaired) electrons. The first-order valence-electron chi connectivity index (χ1n) is 4.31. The van der Waals surface area contributed by atoms with Crippen LogP contribution in [0.5, 0.6) is 0 Å². The normalized spacial score (nSPS) is 60.2. The molecular weight excluding hydrogens is 161 g/mol. The van der Waals surface area contributed by atoms with Crippen molar-refractivity contribution in [2.24, 2.45) is 0 Å². The van der Waals surface area contributed by atoms with Crippen LogP contribution in [0.25, 0.3) is 0 Å². The van der Waals surface area contributed by atoms with E-state index in [0.29, 0.717) is 0 Å². The van der Waals surface area contributed by atoms with Gasteiger partial charge in [-0.25, -0.2) is 14.7 Å². The first-order valence-corrected chi connectivity index (χ1v) is 6.58. The summed E-state index contributed by atoms with van der Waals surface area (Å²) >= 11 is 0. The van der Waals surface area contributed by atoms with E-state index < -0.39 is 7.14 Å². The second-order valence-corrected chi connectivity index (χ2v) is 7.38. The third kappa shape index (κ3) is 0.905. The monoisotopic (exact) mass is 176 g/mol. The van der Waals surface area contributed by atoms with Gasteiger partial charge in [0.05, 0.1) is 0 Å². The Balaban J connectivity index is 2.00. The van der Waals surface area contributed by atoms with Gasteiger partial charge in [0.25, 0.3) is 0 Å². The molecule has 4 bridgehead atoms. The number of hydrogen-bond donors (Lipinski definition) is 3. The van der Waals surface area contributed by atoms with Crippen molar-refractivity contribution in [3.05, 3.63) is 0 Å². The minimum atomic E-state index is -1.68. The summed E-state index contributed by atoms with van der Waals surface area (Å²) in [7, 11) is -1.68. The van der Waals surface area contributed by atoms with Crippen molar-refractivity contribution in [3.8, 4) is 0 Å². The van der Waals surface area contributed by atoms with Gasteiger partial charge in [0.2, 0.25) is 27.1 Å². The average molecular weight is 176 g/mol. The van der Waals surface area contributed by atoms with E-state index >= 15 is 0 Å². The summed E-state index contributed by atoms with van der Waals surface area (Å²) in [5, 5.41) is 0. The van der Waals surface area contributed by atoms with Gasteiger partial charge >= 0.3 is 0 Å². The Labute approximate surface area is 66.1 Å². The molecule has 0 unspecified atom stereocenters. The summed E-state index contributed by atoms with van der Waals surface area (Å²) in [5.74, 6) is 0. The van der Waals surface area contributed by atoms with Gasteiger partial charge < -0.3 is 4.57 Å². The average Bonchev–Trinajstić information content (AvgIpc) is 1.79. The van der Waals surface area contributed by atoms with Crippen LogP contribution < -0.4 is 14.7 Å². The fraction of sp³-hybridized carbons (Fsp3) is 1.00. The Morgan fingerprint density at radius 3 is 1.45 bits per heavy atom. The highest BCUT2D eigenvalue weighted by molar-refractivity contribution is 7.63. The van der Waals surface area contributed by atoms with Gasteiger partial charge in [-0.05, 0) is 0 Å². The highest BCUT2D eigenvalue weighted by Gasteiger charge is 2.54. The van der Waals surface area contributed by atoms with Crippen LogP contribution in [0.15, 0.2) is 0 Å². The van der Waals surface area contributed by atoms with E-state index in [0.717, 1.165) is 18.9 Å². The number of nitrogens with one attached hydrogen (secondary N) is 3. The van der Waals surface area contributed by atoms with Crippen LogP contribution in [-0.2, 0) is 4.57 Å². The summed E-state index contributed by atoms with van der Waals surface area (Å²) in [4.78, 5) is 4.76. The van der Waals surface area contributed by atoms with Crippen molar-refractivity contribution in [1.82, 2.24) is 0 Å². The molecule has 0 aromatic heterocycles. The van der Waals surface area contributed by atoms with E-state index in [-0.39, 0.29) is 0 Å². The summed E-state index contributed by atoms with van der Waals surface area (Å²) in [6.45, 7) is 3.69. The van der Waals surface area contributed by atoms with Gasteiger partial charge in [-0.2, -0.15) is 0 Å². The maximum Gasteiger partial charge on any atom is 0.244 e. The minimum absolute atomic E-state index is 1.000. The predicted molar refractivity (Wildman–Crippen MR) is 39.7 cm³/mol. The van der Waals surface area contributed by atoms with Gasteiger partial charge in [0, 0.05) is 0 Å². The molecule has 4 heterocycles. The summed E-state index contributed by atoms with van der Waals surface area (Å²) in [6.07, 6.45) is 3.00. The molecule has 0 spiro atoms. The molecule has 4 nitrogen and oxygen atoms in total. The van der Waals surface area contributed by atoms with Crippen molar-refractivity contribution >= 4 is 7.14 Å². The Bertz CT molecular complexity index is 200. The molecule has 0 atom stereocenters. The number of quaternary nitrogens is 3. The molecule has 4 fully saturated rings. The van der Waals surface area contributed by atoms with Crippen LogP contribution in [0.3, 0.4) is 0 Å². The van der Waals surface area contributed by atoms with Crippen molar-refractivity contribution in [3.63, 3.8) is 0 Å². The lowest BCUT2D eigenvalue weighted by Crippen LogP contribution is -3.53. The Kier molecular flexibility index (Phi) is 1.13. The lowest BCUT2D eigenvalue weighted by Gasteiger charge is -2.45. The fourth-order valence-corrected chi connectivity index (χ4v) is 6.43. The van der Waals surface area contributed by atoms with Crippen LogP contribution >= 0.6 is 7.14 Å². The van der Waals surface area contributed by atoms with Crippen LogP contribution in [0.1, 0.15) is 0 Å². The summed E-state index contributed by atoms with van der Waals surface area (Å²) in [6, 6.07) is 0. The molecule has 0 saturated carbocycles. The topological polar surface area (TPSA) is 30.4 Å². The number of rotatable bonds is 0. The Hall–Kier alpha value is 0.110. The second-order valence-electron chi connectivity index (χ2n) is 4.31. The zero-order chi connectivity index (χ0) is 7.47. The molecule has 0 amide bonds. The van der Waals surface area contributed by atoms with Crippen molar-refractivity contribution in [2.45, 2.75) is 0 Å². The molecule has 11 heavy (non-hydrogen) atoms. The van der Waals surface area contributed by atoms with Crippen molar-refractivity contribution < 1.29 is 19.3 Å². The van der Waals surface area contributed by atoms with E-state index in [4.69, 9.17) is 0 Å². The van der Waals surface area contributed by atoms with Gasteiger partial charge in [-0.3, -0.25) is 0 Å². The second kappa shape index (κ2) is 1.88. The zero-order valence-corrected chi connectivity index (χ0v) is 7.49. The molecule has 0 aliphatic carbocycles. The van der Waals surface area contributed by atoms with E-state index in [1.807, 2.05) is 0 Å². The standard InChI is InChI=1S/C6H12N3OP/c10-11-4-7-1-8(5-11)3-9(2-7)6-11/h1-6H2/p+3. The summed E-state index contributed by atoms with van der Waals surface area (Å²) < 4.78 is 12.0. The third-order valence-electron chi connectivity index (χ3n) is 3.04. The van der Waals surface area contributed by atoms with Gasteiger partial charge in [0.15, 0.2) is 0 Å². The van der Waals surface area contributed by atoms with E-state index in [1.54, 1.807) is 14.7 Å². The predicted octanol–water partition coefficient (Wildman–Crippen LogP) is -4.21.